The molecule has 1 saturated carbocycles. The summed E-state index contributed by atoms with van der Waals surface area (Å²) < 4.78 is 12.3. The van der Waals surface area contributed by atoms with E-state index in [0.717, 1.165) is 17.4 Å². The topological polar surface area (TPSA) is 47.4 Å². The summed E-state index contributed by atoms with van der Waals surface area (Å²) in [5.41, 5.74) is 1.49. The van der Waals surface area contributed by atoms with E-state index in [1.165, 1.54) is 29.6 Å². The first kappa shape index (κ1) is 36.6. The molecule has 4 nitrogen and oxygen atoms in total. The van der Waals surface area contributed by atoms with Gasteiger partial charge < -0.3 is 14.3 Å². The molecule has 0 N–H and O–H groups in total. The Kier molecular flexibility index (Phi) is 13.5. The number of ether oxygens (including phenoxy) is 1. The van der Waals surface area contributed by atoms with Crippen LogP contribution in [0, 0.1) is 55.0 Å². The fourth-order valence-electron chi connectivity index (χ4n) is 4.33. The molecule has 4 rings (SSSR count). The number of likely N-dealkylation sites (tertiary alicyclic amines) is 1. The standard InChI is InChI=1S/C26H33NO3Si.C10H15.Fe/c1-20(21-12-10-16-24(18-21)30-23-14-8-7-9-15-23)25(28)27-17-11-13-22(27)19-29-31(5,6)26(2,3)4;1-6-7(2)9(4)10(5)8(6)3;/h7-18,28H,19H2,1-6H3;1-5H3;/q+1;;/p-1/b25-20-;;. The monoisotopic (exact) mass is 625 g/mol. The maximum atomic E-state index is 13.3. The maximum absolute atomic E-state index is 13.3. The van der Waals surface area contributed by atoms with E-state index in [1.807, 2.05) is 74.4 Å². The number of nitrogens with zero attached hydrogens (tertiary/aromatic N) is 1. The molecule has 0 spiro atoms. The van der Waals surface area contributed by atoms with E-state index in [4.69, 9.17) is 9.16 Å². The average Bonchev–Trinajstić information content (AvgIpc) is 3.48. The number of benzene rings is 2. The Labute approximate surface area is 268 Å². The Bertz CT molecular complexity index is 1100. The van der Waals surface area contributed by atoms with Gasteiger partial charge in [0.1, 0.15) is 24.0 Å². The molecule has 1 heterocycles. The molecule has 0 amide bonds. The van der Waals surface area contributed by atoms with Crippen LogP contribution in [0.5, 0.6) is 11.5 Å². The van der Waals surface area contributed by atoms with Gasteiger partial charge in [-0.2, -0.15) is 0 Å². The predicted molar refractivity (Wildman–Crippen MR) is 172 cm³/mol. The van der Waals surface area contributed by atoms with E-state index >= 15 is 0 Å². The van der Waals surface area contributed by atoms with Crippen molar-refractivity contribution in [2.24, 2.45) is 0 Å². The Morgan fingerprint density at radius 3 is 1.86 bits per heavy atom. The fraction of sp³-hybridized carbons (Fsp3) is 0.361. The van der Waals surface area contributed by atoms with Crippen LogP contribution in [0.4, 0.5) is 0 Å². The molecule has 0 atom stereocenters. The minimum atomic E-state index is -1.90. The van der Waals surface area contributed by atoms with Crippen LogP contribution in [0.15, 0.2) is 60.5 Å². The van der Waals surface area contributed by atoms with Crippen LogP contribution < -0.4 is 14.7 Å². The number of rotatable bonds is 7. The van der Waals surface area contributed by atoms with Crippen molar-refractivity contribution in [1.29, 1.82) is 0 Å². The number of hydrogen-bond acceptors (Lipinski definition) is 4. The first-order valence-corrected chi connectivity index (χ1v) is 17.3. The van der Waals surface area contributed by atoms with Crippen molar-refractivity contribution in [3.8, 4) is 11.5 Å². The summed E-state index contributed by atoms with van der Waals surface area (Å²) in [5.74, 6) is 8.74. The fourth-order valence-corrected chi connectivity index (χ4v) is 5.27. The van der Waals surface area contributed by atoms with Crippen LogP contribution in [-0.2, 0) is 21.5 Å². The summed E-state index contributed by atoms with van der Waals surface area (Å²) in [5, 5.41) is 13.4. The van der Waals surface area contributed by atoms with Crippen LogP contribution >= 0.6 is 0 Å². The van der Waals surface area contributed by atoms with E-state index in [1.54, 1.807) is 11.4 Å². The molecule has 0 bridgehead atoms. The zero-order valence-corrected chi connectivity index (χ0v) is 29.3. The third-order valence-electron chi connectivity index (χ3n) is 8.82. The summed E-state index contributed by atoms with van der Waals surface area (Å²) in [6.07, 6.45) is 3.84. The van der Waals surface area contributed by atoms with E-state index in [-0.39, 0.29) is 28.0 Å². The summed E-state index contributed by atoms with van der Waals surface area (Å²) >= 11 is 0. The molecule has 10 radical (unpaired) electrons. The van der Waals surface area contributed by atoms with Crippen molar-refractivity contribution in [3.05, 3.63) is 121 Å². The van der Waals surface area contributed by atoms with Crippen molar-refractivity contribution in [2.75, 3.05) is 6.61 Å². The normalized spacial score (nSPS) is 19.3. The second kappa shape index (κ2) is 15.4. The molecule has 1 saturated heterocycles. The third kappa shape index (κ3) is 8.98. The van der Waals surface area contributed by atoms with Gasteiger partial charge in [-0.1, -0.05) is 85.7 Å². The van der Waals surface area contributed by atoms with Gasteiger partial charge in [-0.25, -0.2) is 0 Å². The molecule has 1 aliphatic heterocycles. The predicted octanol–water partition coefficient (Wildman–Crippen LogP) is 8.78. The van der Waals surface area contributed by atoms with Crippen molar-refractivity contribution in [3.63, 3.8) is 0 Å². The van der Waals surface area contributed by atoms with Gasteiger partial charge in [0.2, 0.25) is 6.04 Å². The van der Waals surface area contributed by atoms with Gasteiger partial charge >= 0.3 is 0 Å². The van der Waals surface area contributed by atoms with Crippen LogP contribution in [0.3, 0.4) is 0 Å². The maximum Gasteiger partial charge on any atom is 0.235 e. The SMILES string of the molecule is C/C(=C(/[O-])[N+]1[CH][CH][CH][C]1CO[Si](C)(C)C(C)(C)C)c1cccc(Oc2ccccc2)c1.C[C]1[C](C)[C](C)[C](C)[C]1C.[Fe]. The zero-order chi connectivity index (χ0) is 30.5. The first-order chi connectivity index (χ1) is 19.1. The first-order valence-electron chi connectivity index (χ1n) is 14.4. The smallest absolute Gasteiger partial charge is 0.235 e. The van der Waals surface area contributed by atoms with Crippen LogP contribution in [0.25, 0.3) is 5.57 Å². The Morgan fingerprint density at radius 1 is 0.810 bits per heavy atom. The molecule has 2 aliphatic rings. The average molecular weight is 626 g/mol. The molecular formula is C36H47FeNO3Si. The van der Waals surface area contributed by atoms with E-state index in [9.17, 15) is 5.11 Å². The number of hydrogen-bond donors (Lipinski definition) is 0. The third-order valence-corrected chi connectivity index (χ3v) is 13.3. The van der Waals surface area contributed by atoms with E-state index in [0.29, 0.717) is 17.9 Å². The minimum absolute atomic E-state index is 0. The van der Waals surface area contributed by atoms with Gasteiger partial charge in [0.15, 0.2) is 14.9 Å². The Balaban J connectivity index is 0.000000475. The van der Waals surface area contributed by atoms with Crippen molar-refractivity contribution in [2.45, 2.75) is 80.4 Å². The van der Waals surface area contributed by atoms with Crippen molar-refractivity contribution < 1.29 is 31.3 Å². The Morgan fingerprint density at radius 2 is 1.33 bits per heavy atom. The van der Waals surface area contributed by atoms with Gasteiger partial charge in [0.25, 0.3) is 0 Å². The van der Waals surface area contributed by atoms with E-state index < -0.39 is 8.32 Å². The molecule has 1 aliphatic carbocycles. The molecule has 42 heavy (non-hydrogen) atoms. The molecule has 0 aromatic heterocycles. The largest absolute Gasteiger partial charge is 0.827 e. The summed E-state index contributed by atoms with van der Waals surface area (Å²) in [4.78, 5) is 1.69. The van der Waals surface area contributed by atoms with Crippen LogP contribution in [0.2, 0.25) is 18.1 Å². The second-order valence-electron chi connectivity index (χ2n) is 12.4. The second-order valence-corrected chi connectivity index (χ2v) is 17.2. The van der Waals surface area contributed by atoms with Crippen molar-refractivity contribution >= 4 is 13.9 Å². The number of allylic oxidation sites excluding steroid dienone is 1. The summed E-state index contributed by atoms with van der Waals surface area (Å²) in [7, 11) is -1.90. The van der Waals surface area contributed by atoms with Gasteiger partial charge in [-0.3, -0.25) is 0 Å². The minimum Gasteiger partial charge on any atom is -0.827 e. The molecule has 6 heteroatoms. The van der Waals surface area contributed by atoms with Gasteiger partial charge in [0.05, 0.1) is 0 Å². The van der Waals surface area contributed by atoms with Gasteiger partial charge in [-0.15, -0.1) is 4.90 Å². The molecule has 2 aromatic carbocycles. The molecule has 0 unspecified atom stereocenters. The van der Waals surface area contributed by atoms with Crippen molar-refractivity contribution in [1.82, 2.24) is 4.90 Å². The number of para-hydroxylation sites is 1. The quantitative estimate of drug-likeness (QED) is 0.176. The zero-order valence-electron chi connectivity index (χ0n) is 27.2. The molecule has 2 aromatic rings. The van der Waals surface area contributed by atoms with E-state index in [2.05, 4.69) is 68.5 Å². The molecule has 226 valence electrons. The Hall–Kier alpha value is -1.56. The van der Waals surface area contributed by atoms with Gasteiger partial charge in [0, 0.05) is 35.5 Å². The summed E-state index contributed by atoms with van der Waals surface area (Å²) in [6, 6.07) is 18.1. The summed E-state index contributed by atoms with van der Waals surface area (Å²) in [6.45, 7) is 26.2. The van der Waals surface area contributed by atoms with Crippen LogP contribution in [0.1, 0.15) is 67.9 Å². The van der Waals surface area contributed by atoms with Gasteiger partial charge in [-0.05, 0) is 84.5 Å². The molecular weight excluding hydrogens is 578 g/mol. The van der Waals surface area contributed by atoms with Crippen LogP contribution in [-0.4, -0.2) is 14.9 Å². The molecule has 2 fully saturated rings.